The van der Waals surface area contributed by atoms with Crippen molar-refractivity contribution in [3.63, 3.8) is 0 Å². The van der Waals surface area contributed by atoms with Crippen molar-refractivity contribution >= 4 is 29.3 Å². The van der Waals surface area contributed by atoms with Gasteiger partial charge in [-0.3, -0.25) is 9.59 Å². The number of carbonyl (C=O) groups is 2. The third-order valence-corrected chi connectivity index (χ3v) is 4.66. The summed E-state index contributed by atoms with van der Waals surface area (Å²) < 4.78 is 18.6. The minimum atomic E-state index is -0.530. The van der Waals surface area contributed by atoms with Crippen LogP contribution in [0.3, 0.4) is 0 Å². The Morgan fingerprint density at radius 2 is 1.81 bits per heavy atom. The Morgan fingerprint density at radius 1 is 1.15 bits per heavy atom. The molecule has 2 aromatic carbocycles. The molecule has 27 heavy (non-hydrogen) atoms. The molecular weight excluding hydrogens is 369 g/mol. The Kier molecular flexibility index (Phi) is 5.56. The van der Waals surface area contributed by atoms with Gasteiger partial charge in [-0.15, -0.1) is 0 Å². The Morgan fingerprint density at radius 3 is 2.44 bits per heavy atom. The second kappa shape index (κ2) is 8.05. The minimum absolute atomic E-state index is 0.242. The summed E-state index contributed by atoms with van der Waals surface area (Å²) in [6, 6.07) is 12.2. The van der Waals surface area contributed by atoms with E-state index in [4.69, 9.17) is 10.2 Å². The number of rotatable bonds is 6. The third kappa shape index (κ3) is 4.73. The lowest BCUT2D eigenvalue weighted by Crippen LogP contribution is -2.22. The lowest BCUT2D eigenvalue weighted by Gasteiger charge is -2.10. The zero-order valence-corrected chi connectivity index (χ0v) is 15.1. The average molecular weight is 385 g/mol. The number of aromatic nitrogens is 1. The van der Waals surface area contributed by atoms with Crippen LogP contribution >= 0.6 is 11.8 Å². The van der Waals surface area contributed by atoms with Crippen molar-refractivity contribution in [2.24, 2.45) is 5.73 Å². The van der Waals surface area contributed by atoms with Crippen LogP contribution < -0.4 is 11.1 Å². The first-order valence-electron chi connectivity index (χ1n) is 8.01. The van der Waals surface area contributed by atoms with E-state index in [1.54, 1.807) is 43.3 Å². The van der Waals surface area contributed by atoms with E-state index < -0.39 is 11.2 Å². The van der Waals surface area contributed by atoms with Crippen LogP contribution in [0.2, 0.25) is 0 Å². The molecule has 6 nitrogen and oxygen atoms in total. The minimum Gasteiger partial charge on any atom is -0.431 e. The highest BCUT2D eigenvalue weighted by Crippen LogP contribution is 2.28. The van der Waals surface area contributed by atoms with E-state index in [0.29, 0.717) is 27.8 Å². The predicted molar refractivity (Wildman–Crippen MR) is 101 cm³/mol. The Balaban J connectivity index is 1.61. The van der Waals surface area contributed by atoms with E-state index in [2.05, 4.69) is 10.3 Å². The molecule has 0 radical (unpaired) electrons. The van der Waals surface area contributed by atoms with Crippen LogP contribution in [-0.4, -0.2) is 22.0 Å². The fraction of sp³-hybridized carbons (Fsp3) is 0.105. The summed E-state index contributed by atoms with van der Waals surface area (Å²) in [5.74, 6) is -0.611. The maximum Gasteiger partial charge on any atom is 0.256 e. The Labute approximate surface area is 159 Å². The molecule has 2 amide bonds. The summed E-state index contributed by atoms with van der Waals surface area (Å²) >= 11 is 1.16. The van der Waals surface area contributed by atoms with Gasteiger partial charge in [0, 0.05) is 16.8 Å². The van der Waals surface area contributed by atoms with Crippen molar-refractivity contribution in [2.45, 2.75) is 17.4 Å². The van der Waals surface area contributed by atoms with Gasteiger partial charge in [0.2, 0.25) is 11.8 Å². The molecule has 138 valence electrons. The number of nitrogens with one attached hydrogen (secondary N) is 1. The Hall–Kier alpha value is -3.13. The quantitative estimate of drug-likeness (QED) is 0.631. The first-order chi connectivity index (χ1) is 12.9. The van der Waals surface area contributed by atoms with Gasteiger partial charge in [-0.25, -0.2) is 9.37 Å². The van der Waals surface area contributed by atoms with Crippen LogP contribution in [0.15, 0.2) is 64.4 Å². The predicted octanol–water partition coefficient (Wildman–Crippen LogP) is 3.70. The van der Waals surface area contributed by atoms with Gasteiger partial charge in [-0.2, -0.15) is 0 Å². The van der Waals surface area contributed by atoms with E-state index in [1.807, 2.05) is 0 Å². The van der Waals surface area contributed by atoms with Gasteiger partial charge < -0.3 is 15.5 Å². The SMILES string of the molecule is C[C@H](Sc1ncc(-c2ccc(F)cc2)o1)C(=O)Nc1ccc(C(N)=O)cc1. The number of thioether (sulfide) groups is 1. The van der Waals surface area contributed by atoms with Crippen molar-refractivity contribution in [2.75, 3.05) is 5.32 Å². The lowest BCUT2D eigenvalue weighted by atomic mass is 10.2. The number of anilines is 1. The van der Waals surface area contributed by atoms with Gasteiger partial charge in [-0.1, -0.05) is 11.8 Å². The molecule has 0 spiro atoms. The van der Waals surface area contributed by atoms with E-state index in [1.165, 1.54) is 18.3 Å². The van der Waals surface area contributed by atoms with Gasteiger partial charge >= 0.3 is 0 Å². The molecule has 0 aliphatic rings. The standard InChI is InChI=1S/C19H16FN3O3S/c1-11(18(25)23-15-8-4-13(5-9-15)17(21)24)27-19-22-10-16(26-19)12-2-6-14(20)7-3-12/h2-11H,1H3,(H2,21,24)(H,23,25)/t11-/m0/s1. The number of nitrogens with two attached hydrogens (primary N) is 1. The topological polar surface area (TPSA) is 98.2 Å². The molecule has 3 aromatic rings. The summed E-state index contributed by atoms with van der Waals surface area (Å²) in [4.78, 5) is 27.5. The number of primary amides is 1. The molecular formula is C19H16FN3O3S. The molecule has 8 heteroatoms. The zero-order valence-electron chi connectivity index (χ0n) is 14.3. The van der Waals surface area contributed by atoms with Crippen LogP contribution in [0.25, 0.3) is 11.3 Å². The van der Waals surface area contributed by atoms with Crippen molar-refractivity contribution in [3.05, 3.63) is 66.1 Å². The molecule has 0 unspecified atom stereocenters. The van der Waals surface area contributed by atoms with E-state index in [0.717, 1.165) is 11.8 Å². The molecule has 1 heterocycles. The van der Waals surface area contributed by atoms with Crippen molar-refractivity contribution in [3.8, 4) is 11.3 Å². The molecule has 0 aliphatic heterocycles. The maximum atomic E-state index is 13.0. The van der Waals surface area contributed by atoms with Gasteiger partial charge in [0.15, 0.2) is 5.76 Å². The van der Waals surface area contributed by atoms with Crippen LogP contribution in [0.4, 0.5) is 10.1 Å². The number of oxazole rings is 1. The summed E-state index contributed by atoms with van der Waals surface area (Å²) in [7, 11) is 0. The lowest BCUT2D eigenvalue weighted by molar-refractivity contribution is -0.115. The molecule has 0 fully saturated rings. The zero-order chi connectivity index (χ0) is 19.4. The van der Waals surface area contributed by atoms with E-state index in [-0.39, 0.29) is 11.7 Å². The summed E-state index contributed by atoms with van der Waals surface area (Å²) in [6.45, 7) is 1.72. The number of benzene rings is 2. The monoisotopic (exact) mass is 385 g/mol. The highest BCUT2D eigenvalue weighted by molar-refractivity contribution is 8.00. The first-order valence-corrected chi connectivity index (χ1v) is 8.89. The maximum absolute atomic E-state index is 13.0. The average Bonchev–Trinajstić information content (AvgIpc) is 3.11. The number of amides is 2. The van der Waals surface area contributed by atoms with Crippen LogP contribution in [0.1, 0.15) is 17.3 Å². The molecule has 0 saturated carbocycles. The summed E-state index contributed by atoms with van der Waals surface area (Å²) in [5.41, 5.74) is 6.80. The number of carbonyl (C=O) groups excluding carboxylic acids is 2. The highest BCUT2D eigenvalue weighted by Gasteiger charge is 2.18. The second-order valence-electron chi connectivity index (χ2n) is 5.69. The summed E-state index contributed by atoms with van der Waals surface area (Å²) in [5, 5.41) is 2.61. The fourth-order valence-corrected chi connectivity index (χ4v) is 2.95. The van der Waals surface area contributed by atoms with Crippen molar-refractivity contribution in [1.29, 1.82) is 0 Å². The molecule has 3 rings (SSSR count). The molecule has 0 bridgehead atoms. The highest BCUT2D eigenvalue weighted by atomic mass is 32.2. The normalized spacial score (nSPS) is 11.8. The number of hydrogen-bond acceptors (Lipinski definition) is 5. The molecule has 1 atom stereocenters. The number of hydrogen-bond donors (Lipinski definition) is 2. The van der Waals surface area contributed by atoms with Gasteiger partial charge in [0.1, 0.15) is 5.82 Å². The van der Waals surface area contributed by atoms with Crippen molar-refractivity contribution in [1.82, 2.24) is 4.98 Å². The fourth-order valence-electron chi connectivity index (χ4n) is 2.23. The first kappa shape index (κ1) is 18.7. The second-order valence-corrected chi connectivity index (χ2v) is 6.98. The largest absolute Gasteiger partial charge is 0.431 e. The number of halogens is 1. The van der Waals surface area contributed by atoms with E-state index >= 15 is 0 Å². The molecule has 1 aromatic heterocycles. The molecule has 0 aliphatic carbocycles. The van der Waals surface area contributed by atoms with E-state index in [9.17, 15) is 14.0 Å². The van der Waals surface area contributed by atoms with Gasteiger partial charge in [0.05, 0.1) is 11.4 Å². The van der Waals surface area contributed by atoms with Crippen LogP contribution in [0, 0.1) is 5.82 Å². The smallest absolute Gasteiger partial charge is 0.256 e. The Bertz CT molecular complexity index is 955. The number of nitrogens with zero attached hydrogens (tertiary/aromatic N) is 1. The van der Waals surface area contributed by atoms with Crippen molar-refractivity contribution < 1.29 is 18.4 Å². The molecule has 0 saturated heterocycles. The van der Waals surface area contributed by atoms with Crippen LogP contribution in [0.5, 0.6) is 0 Å². The van der Waals surface area contributed by atoms with Gasteiger partial charge in [0.25, 0.3) is 5.22 Å². The molecule has 3 N–H and O–H groups in total. The van der Waals surface area contributed by atoms with Crippen LogP contribution in [-0.2, 0) is 4.79 Å². The summed E-state index contributed by atoms with van der Waals surface area (Å²) in [6.07, 6.45) is 1.53. The third-order valence-electron chi connectivity index (χ3n) is 3.70. The van der Waals surface area contributed by atoms with Gasteiger partial charge in [-0.05, 0) is 55.5 Å².